The minimum absolute atomic E-state index is 0.0755. The molecular formula is C23H24F3NO4S. The molecule has 3 rings (SSSR count). The SMILES string of the molecule is C=C(/C=C\C=C1/CCC(C(=O)O)C1)S(=O)(=O)N1CC=C(c2ccc(C(F)(F)F)cc2)CC1. The van der Waals surface area contributed by atoms with E-state index in [0.29, 0.717) is 31.2 Å². The Morgan fingerprint density at radius 1 is 1.19 bits per heavy atom. The maximum absolute atomic E-state index is 12.8. The van der Waals surface area contributed by atoms with Gasteiger partial charge in [0.25, 0.3) is 0 Å². The van der Waals surface area contributed by atoms with E-state index in [-0.39, 0.29) is 23.9 Å². The highest BCUT2D eigenvalue weighted by Crippen LogP contribution is 2.32. The normalized spacial score (nSPS) is 21.8. The van der Waals surface area contributed by atoms with Gasteiger partial charge in [-0.05, 0) is 55.0 Å². The number of halogens is 3. The molecular weight excluding hydrogens is 443 g/mol. The molecule has 1 aromatic carbocycles. The smallest absolute Gasteiger partial charge is 0.416 e. The highest BCUT2D eigenvalue weighted by molar-refractivity contribution is 7.93. The van der Waals surface area contributed by atoms with E-state index in [0.717, 1.165) is 23.3 Å². The van der Waals surface area contributed by atoms with Crippen LogP contribution in [0.15, 0.2) is 65.6 Å². The second-order valence-corrected chi connectivity index (χ2v) is 9.84. The van der Waals surface area contributed by atoms with E-state index in [2.05, 4.69) is 6.58 Å². The molecule has 32 heavy (non-hydrogen) atoms. The molecule has 0 saturated heterocycles. The van der Waals surface area contributed by atoms with Gasteiger partial charge in [-0.25, -0.2) is 8.42 Å². The topological polar surface area (TPSA) is 74.7 Å². The molecule has 9 heteroatoms. The van der Waals surface area contributed by atoms with Gasteiger partial charge in [-0.1, -0.05) is 42.5 Å². The Hall–Kier alpha value is -2.65. The average molecular weight is 468 g/mol. The summed E-state index contributed by atoms with van der Waals surface area (Å²) in [5.74, 6) is -1.21. The number of sulfonamides is 1. The van der Waals surface area contributed by atoms with Gasteiger partial charge in [0.1, 0.15) is 0 Å². The van der Waals surface area contributed by atoms with E-state index >= 15 is 0 Å². The van der Waals surface area contributed by atoms with Crippen molar-refractivity contribution in [2.24, 2.45) is 5.92 Å². The molecule has 1 saturated carbocycles. The van der Waals surface area contributed by atoms with Crippen LogP contribution in [0.5, 0.6) is 0 Å². The van der Waals surface area contributed by atoms with Crippen molar-refractivity contribution in [1.82, 2.24) is 4.31 Å². The van der Waals surface area contributed by atoms with Crippen molar-refractivity contribution >= 4 is 21.6 Å². The fourth-order valence-corrected chi connectivity index (χ4v) is 4.97. The van der Waals surface area contributed by atoms with Crippen molar-refractivity contribution in [2.45, 2.75) is 31.9 Å². The van der Waals surface area contributed by atoms with Gasteiger partial charge in [0.15, 0.2) is 0 Å². The van der Waals surface area contributed by atoms with Gasteiger partial charge in [-0.15, -0.1) is 0 Å². The third-order valence-corrected chi connectivity index (χ3v) is 7.52. The average Bonchev–Trinajstić information content (AvgIpc) is 3.22. The largest absolute Gasteiger partial charge is 0.481 e. The van der Waals surface area contributed by atoms with E-state index in [1.807, 2.05) is 0 Å². The Morgan fingerprint density at radius 2 is 1.88 bits per heavy atom. The Kier molecular flexibility index (Phi) is 7.09. The van der Waals surface area contributed by atoms with Gasteiger partial charge in [0.2, 0.25) is 10.0 Å². The minimum Gasteiger partial charge on any atom is -0.481 e. The Bertz CT molecular complexity index is 1080. The third-order valence-electron chi connectivity index (χ3n) is 5.71. The van der Waals surface area contributed by atoms with Crippen LogP contribution in [0.4, 0.5) is 13.2 Å². The molecule has 1 heterocycles. The van der Waals surface area contributed by atoms with Crippen molar-refractivity contribution in [3.8, 4) is 0 Å². The molecule has 0 spiro atoms. The fraction of sp³-hybridized carbons (Fsp3) is 0.348. The molecule has 0 amide bonds. The lowest BCUT2D eigenvalue weighted by Crippen LogP contribution is -2.35. The highest BCUT2D eigenvalue weighted by Gasteiger charge is 2.31. The zero-order chi connectivity index (χ0) is 23.5. The summed E-state index contributed by atoms with van der Waals surface area (Å²) in [7, 11) is -3.78. The lowest BCUT2D eigenvalue weighted by molar-refractivity contribution is -0.141. The van der Waals surface area contributed by atoms with Crippen LogP contribution < -0.4 is 0 Å². The molecule has 1 aliphatic carbocycles. The van der Waals surface area contributed by atoms with Crippen LogP contribution in [0.3, 0.4) is 0 Å². The predicted octanol–water partition coefficient (Wildman–Crippen LogP) is 5.01. The number of aliphatic carboxylic acids is 1. The molecule has 2 aliphatic rings. The van der Waals surface area contributed by atoms with E-state index in [1.54, 1.807) is 18.2 Å². The van der Waals surface area contributed by atoms with Crippen LogP contribution in [0, 0.1) is 5.92 Å². The zero-order valence-electron chi connectivity index (χ0n) is 17.3. The number of carboxylic acid groups (broad SMARTS) is 1. The first kappa shape index (κ1) is 24.0. The number of hydrogen-bond donors (Lipinski definition) is 1. The number of alkyl halides is 3. The molecule has 1 aliphatic heterocycles. The number of carboxylic acids is 1. The maximum atomic E-state index is 12.8. The second-order valence-electron chi connectivity index (χ2n) is 7.85. The lowest BCUT2D eigenvalue weighted by atomic mass is 9.99. The lowest BCUT2D eigenvalue weighted by Gasteiger charge is -2.26. The Morgan fingerprint density at radius 3 is 2.41 bits per heavy atom. The summed E-state index contributed by atoms with van der Waals surface area (Å²) in [6.07, 6.45) is 4.10. The summed E-state index contributed by atoms with van der Waals surface area (Å²) < 4.78 is 65.0. The van der Waals surface area contributed by atoms with Gasteiger partial charge in [-0.3, -0.25) is 4.79 Å². The molecule has 0 aromatic heterocycles. The minimum atomic E-state index is -4.40. The van der Waals surface area contributed by atoms with Crippen LogP contribution in [-0.4, -0.2) is 36.9 Å². The number of carbonyl (C=O) groups is 1. The van der Waals surface area contributed by atoms with Crippen LogP contribution in [0.1, 0.15) is 36.8 Å². The molecule has 1 N–H and O–H groups in total. The monoisotopic (exact) mass is 467 g/mol. The van der Waals surface area contributed by atoms with E-state index in [1.165, 1.54) is 22.5 Å². The highest BCUT2D eigenvalue weighted by atomic mass is 32.2. The van der Waals surface area contributed by atoms with Gasteiger partial charge in [0.05, 0.1) is 16.4 Å². The van der Waals surface area contributed by atoms with Gasteiger partial charge in [0, 0.05) is 13.1 Å². The molecule has 172 valence electrons. The van der Waals surface area contributed by atoms with Crippen molar-refractivity contribution < 1.29 is 31.5 Å². The summed E-state index contributed by atoms with van der Waals surface area (Å²) >= 11 is 0. The summed E-state index contributed by atoms with van der Waals surface area (Å²) in [4.78, 5) is 10.9. The molecule has 1 unspecified atom stereocenters. The molecule has 1 aromatic rings. The van der Waals surface area contributed by atoms with Crippen LogP contribution in [-0.2, 0) is 21.0 Å². The molecule has 1 fully saturated rings. The van der Waals surface area contributed by atoms with Gasteiger partial charge in [-0.2, -0.15) is 17.5 Å². The Balaban J connectivity index is 1.62. The second kappa shape index (κ2) is 9.46. The maximum Gasteiger partial charge on any atom is 0.416 e. The van der Waals surface area contributed by atoms with Crippen molar-refractivity contribution in [2.75, 3.05) is 13.1 Å². The fourth-order valence-electron chi connectivity index (χ4n) is 3.79. The molecule has 1 atom stereocenters. The Labute approximate surface area is 185 Å². The standard InChI is InChI=1S/C23H24F3NO4S/c1-16(3-2-4-17-5-6-20(15-17)22(28)29)32(30,31)27-13-11-19(12-14-27)18-7-9-21(10-8-18)23(24,25)26/h2-4,7-11,20H,1,5-6,12-15H2,(H,28,29)/b3-2-,17-4+. The third kappa shape index (κ3) is 5.58. The number of rotatable bonds is 6. The van der Waals surface area contributed by atoms with Crippen LogP contribution >= 0.6 is 0 Å². The van der Waals surface area contributed by atoms with Crippen LogP contribution in [0.2, 0.25) is 0 Å². The summed E-state index contributed by atoms with van der Waals surface area (Å²) in [5.41, 5.74) is 1.67. The first-order valence-corrected chi connectivity index (χ1v) is 11.6. The first-order valence-electron chi connectivity index (χ1n) is 10.1. The van der Waals surface area contributed by atoms with Gasteiger partial charge < -0.3 is 5.11 Å². The first-order chi connectivity index (χ1) is 15.0. The summed E-state index contributed by atoms with van der Waals surface area (Å²) in [5, 5.41) is 9.04. The summed E-state index contributed by atoms with van der Waals surface area (Å²) in [6.45, 7) is 3.95. The van der Waals surface area contributed by atoms with Gasteiger partial charge >= 0.3 is 12.1 Å². The molecule has 0 bridgehead atoms. The van der Waals surface area contributed by atoms with E-state index in [4.69, 9.17) is 5.11 Å². The number of benzene rings is 1. The number of allylic oxidation sites excluding steroid dienone is 4. The van der Waals surface area contributed by atoms with E-state index < -0.39 is 27.7 Å². The number of hydrogen-bond acceptors (Lipinski definition) is 3. The van der Waals surface area contributed by atoms with Crippen molar-refractivity contribution in [1.29, 1.82) is 0 Å². The summed E-state index contributed by atoms with van der Waals surface area (Å²) in [6, 6.07) is 4.82. The quantitative estimate of drug-likeness (QED) is 0.597. The van der Waals surface area contributed by atoms with Crippen LogP contribution in [0.25, 0.3) is 5.57 Å². The number of nitrogens with zero attached hydrogens (tertiary/aromatic N) is 1. The molecule has 5 nitrogen and oxygen atoms in total. The molecule has 0 radical (unpaired) electrons. The van der Waals surface area contributed by atoms with E-state index in [9.17, 15) is 26.4 Å². The predicted molar refractivity (Wildman–Crippen MR) is 116 cm³/mol. The zero-order valence-corrected chi connectivity index (χ0v) is 18.1. The van der Waals surface area contributed by atoms with Crippen molar-refractivity contribution in [3.63, 3.8) is 0 Å². The van der Waals surface area contributed by atoms with Crippen molar-refractivity contribution in [3.05, 3.63) is 76.8 Å².